The van der Waals surface area contributed by atoms with Crippen molar-refractivity contribution in [2.45, 2.75) is 13.3 Å². The second-order valence-corrected chi connectivity index (χ2v) is 6.49. The van der Waals surface area contributed by atoms with E-state index < -0.39 is 0 Å². The van der Waals surface area contributed by atoms with Crippen LogP contribution in [-0.2, 0) is 6.42 Å². The maximum absolute atomic E-state index is 12.6. The highest BCUT2D eigenvalue weighted by Crippen LogP contribution is 2.26. The number of aryl methyl sites for hydroxylation is 1. The summed E-state index contributed by atoms with van der Waals surface area (Å²) in [7, 11) is 0. The van der Waals surface area contributed by atoms with Crippen LogP contribution in [0.25, 0.3) is 11.1 Å². The zero-order valence-corrected chi connectivity index (χ0v) is 14.1. The number of anilines is 1. The van der Waals surface area contributed by atoms with Crippen LogP contribution in [0.5, 0.6) is 0 Å². The van der Waals surface area contributed by atoms with E-state index in [1.165, 1.54) is 11.3 Å². The standard InChI is InChI=1S/C18H18N4OS/c1-12-6-2-3-7-13(12)14-8-4-5-9-15(14)17(23)20-11-10-16-21-22-18(19)24-16/h2-9H,10-11H2,1H3,(H2,19,22)(H,20,23). The molecule has 3 N–H and O–H groups in total. The first-order valence-electron chi connectivity index (χ1n) is 7.66. The first-order valence-corrected chi connectivity index (χ1v) is 8.48. The van der Waals surface area contributed by atoms with E-state index in [-0.39, 0.29) is 5.91 Å². The molecule has 5 nitrogen and oxygen atoms in total. The van der Waals surface area contributed by atoms with Gasteiger partial charge in [-0.2, -0.15) is 0 Å². The average Bonchev–Trinajstić information content (AvgIpc) is 3.00. The minimum absolute atomic E-state index is 0.0914. The smallest absolute Gasteiger partial charge is 0.251 e. The average molecular weight is 338 g/mol. The Hall–Kier alpha value is -2.73. The summed E-state index contributed by atoms with van der Waals surface area (Å²) in [6.07, 6.45) is 0.618. The Morgan fingerprint density at radius 3 is 2.50 bits per heavy atom. The van der Waals surface area contributed by atoms with Gasteiger partial charge in [-0.05, 0) is 29.7 Å². The summed E-state index contributed by atoms with van der Waals surface area (Å²) in [6.45, 7) is 2.54. The predicted octanol–water partition coefficient (Wildman–Crippen LogP) is 3.07. The van der Waals surface area contributed by atoms with Crippen molar-refractivity contribution in [1.82, 2.24) is 15.5 Å². The van der Waals surface area contributed by atoms with Gasteiger partial charge in [-0.1, -0.05) is 53.8 Å². The van der Waals surface area contributed by atoms with Gasteiger partial charge in [-0.25, -0.2) is 0 Å². The number of nitrogen functional groups attached to an aromatic ring is 1. The van der Waals surface area contributed by atoms with E-state index in [0.29, 0.717) is 23.7 Å². The second-order valence-electron chi connectivity index (χ2n) is 5.40. The molecule has 6 heteroatoms. The van der Waals surface area contributed by atoms with Crippen LogP contribution in [0.3, 0.4) is 0 Å². The largest absolute Gasteiger partial charge is 0.374 e. The normalized spacial score (nSPS) is 10.5. The third kappa shape index (κ3) is 3.60. The first kappa shape index (κ1) is 16.1. The van der Waals surface area contributed by atoms with E-state index in [1.807, 2.05) is 55.5 Å². The van der Waals surface area contributed by atoms with Gasteiger partial charge >= 0.3 is 0 Å². The summed E-state index contributed by atoms with van der Waals surface area (Å²) in [5.74, 6) is -0.0914. The number of carbonyl (C=O) groups is 1. The SMILES string of the molecule is Cc1ccccc1-c1ccccc1C(=O)NCCc1nnc(N)s1. The van der Waals surface area contributed by atoms with Crippen LogP contribution < -0.4 is 11.1 Å². The molecule has 0 aliphatic carbocycles. The zero-order valence-electron chi connectivity index (χ0n) is 13.3. The number of aromatic nitrogens is 2. The molecule has 0 radical (unpaired) electrons. The van der Waals surface area contributed by atoms with Gasteiger partial charge in [0.15, 0.2) is 0 Å². The van der Waals surface area contributed by atoms with Crippen molar-refractivity contribution in [2.24, 2.45) is 0 Å². The maximum Gasteiger partial charge on any atom is 0.251 e. The van der Waals surface area contributed by atoms with E-state index in [4.69, 9.17) is 5.73 Å². The number of hydrogen-bond donors (Lipinski definition) is 2. The summed E-state index contributed by atoms with van der Waals surface area (Å²) in [6, 6.07) is 15.7. The summed E-state index contributed by atoms with van der Waals surface area (Å²) in [5, 5.41) is 11.9. The monoisotopic (exact) mass is 338 g/mol. The number of rotatable bonds is 5. The number of amides is 1. The van der Waals surface area contributed by atoms with Gasteiger partial charge < -0.3 is 11.1 Å². The molecule has 3 aromatic rings. The lowest BCUT2D eigenvalue weighted by Gasteiger charge is -2.12. The molecule has 1 aromatic heterocycles. The molecule has 24 heavy (non-hydrogen) atoms. The molecule has 1 amide bonds. The summed E-state index contributed by atoms with van der Waals surface area (Å²) >= 11 is 1.34. The highest BCUT2D eigenvalue weighted by Gasteiger charge is 2.13. The lowest BCUT2D eigenvalue weighted by atomic mass is 9.95. The van der Waals surface area contributed by atoms with Crippen molar-refractivity contribution < 1.29 is 4.79 Å². The Labute approximate surface area is 144 Å². The van der Waals surface area contributed by atoms with Crippen molar-refractivity contribution in [1.29, 1.82) is 0 Å². The molecule has 122 valence electrons. The topological polar surface area (TPSA) is 80.9 Å². The molecule has 2 aromatic carbocycles. The third-order valence-electron chi connectivity index (χ3n) is 3.71. The predicted molar refractivity (Wildman–Crippen MR) is 97.0 cm³/mol. The van der Waals surface area contributed by atoms with E-state index >= 15 is 0 Å². The number of hydrogen-bond acceptors (Lipinski definition) is 5. The van der Waals surface area contributed by atoms with Crippen LogP contribution >= 0.6 is 11.3 Å². The molecule has 3 rings (SSSR count). The number of nitrogens with two attached hydrogens (primary N) is 1. The van der Waals surface area contributed by atoms with E-state index in [2.05, 4.69) is 15.5 Å². The molecule has 0 saturated heterocycles. The minimum atomic E-state index is -0.0914. The number of benzene rings is 2. The minimum Gasteiger partial charge on any atom is -0.374 e. The molecule has 1 heterocycles. The Morgan fingerprint density at radius 1 is 1.08 bits per heavy atom. The molecule has 0 atom stereocenters. The molecule has 0 aliphatic rings. The molecule has 0 aliphatic heterocycles. The van der Waals surface area contributed by atoms with Gasteiger partial charge in [0.25, 0.3) is 5.91 Å². The molecule has 0 spiro atoms. The fourth-order valence-electron chi connectivity index (χ4n) is 2.54. The van der Waals surface area contributed by atoms with Crippen LogP contribution in [0.2, 0.25) is 0 Å². The molecular formula is C18H18N4OS. The van der Waals surface area contributed by atoms with E-state index in [1.54, 1.807) is 0 Å². The van der Waals surface area contributed by atoms with Gasteiger partial charge in [0.05, 0.1) is 0 Å². The number of carbonyl (C=O) groups excluding carboxylic acids is 1. The van der Waals surface area contributed by atoms with Gasteiger partial charge in [-0.15, -0.1) is 10.2 Å². The summed E-state index contributed by atoms with van der Waals surface area (Å²) in [4.78, 5) is 12.6. The molecule has 0 bridgehead atoms. The highest BCUT2D eigenvalue weighted by molar-refractivity contribution is 7.15. The second kappa shape index (κ2) is 7.23. The van der Waals surface area contributed by atoms with Crippen LogP contribution in [0.1, 0.15) is 20.9 Å². The molecule has 0 unspecified atom stereocenters. The van der Waals surface area contributed by atoms with Crippen LogP contribution in [0.15, 0.2) is 48.5 Å². The molecular weight excluding hydrogens is 320 g/mol. The fraction of sp³-hybridized carbons (Fsp3) is 0.167. The molecule has 0 saturated carbocycles. The van der Waals surface area contributed by atoms with Crippen LogP contribution in [0.4, 0.5) is 5.13 Å². The highest BCUT2D eigenvalue weighted by atomic mass is 32.1. The Bertz CT molecular complexity index is 859. The number of nitrogens with one attached hydrogen (secondary N) is 1. The van der Waals surface area contributed by atoms with Crippen molar-refractivity contribution in [3.8, 4) is 11.1 Å². The van der Waals surface area contributed by atoms with Gasteiger partial charge in [0.2, 0.25) is 5.13 Å². The first-order chi connectivity index (χ1) is 11.6. The quantitative estimate of drug-likeness (QED) is 0.749. The van der Waals surface area contributed by atoms with Crippen molar-refractivity contribution in [2.75, 3.05) is 12.3 Å². The number of nitrogens with zero attached hydrogens (tertiary/aromatic N) is 2. The van der Waals surface area contributed by atoms with Crippen LogP contribution in [-0.4, -0.2) is 22.6 Å². The Morgan fingerprint density at radius 2 is 1.79 bits per heavy atom. The lowest BCUT2D eigenvalue weighted by molar-refractivity contribution is 0.0955. The van der Waals surface area contributed by atoms with Gasteiger partial charge in [0.1, 0.15) is 5.01 Å². The van der Waals surface area contributed by atoms with Crippen molar-refractivity contribution >= 4 is 22.4 Å². The lowest BCUT2D eigenvalue weighted by Crippen LogP contribution is -2.26. The maximum atomic E-state index is 12.6. The van der Waals surface area contributed by atoms with E-state index in [0.717, 1.165) is 21.7 Å². The van der Waals surface area contributed by atoms with Gasteiger partial charge in [-0.3, -0.25) is 4.79 Å². The van der Waals surface area contributed by atoms with Gasteiger partial charge in [0, 0.05) is 18.5 Å². The molecule has 0 fully saturated rings. The van der Waals surface area contributed by atoms with Crippen LogP contribution in [0, 0.1) is 6.92 Å². The van der Waals surface area contributed by atoms with Crippen molar-refractivity contribution in [3.05, 3.63) is 64.7 Å². The van der Waals surface area contributed by atoms with E-state index in [9.17, 15) is 4.79 Å². The Kier molecular flexibility index (Phi) is 4.86. The third-order valence-corrected chi connectivity index (χ3v) is 4.53. The summed E-state index contributed by atoms with van der Waals surface area (Å²) in [5.41, 5.74) is 9.38. The summed E-state index contributed by atoms with van der Waals surface area (Å²) < 4.78 is 0. The fourth-order valence-corrected chi connectivity index (χ4v) is 3.15. The zero-order chi connectivity index (χ0) is 16.9. The Balaban J connectivity index is 1.74. The van der Waals surface area contributed by atoms with Crippen molar-refractivity contribution in [3.63, 3.8) is 0 Å².